The zero-order valence-electron chi connectivity index (χ0n) is 15.5. The summed E-state index contributed by atoms with van der Waals surface area (Å²) in [5.74, 6) is 0.521. The molecule has 3 heterocycles. The molecule has 0 aromatic heterocycles. The van der Waals surface area contributed by atoms with E-state index in [9.17, 15) is 0 Å². The highest BCUT2D eigenvalue weighted by Gasteiger charge is 2.24. The van der Waals surface area contributed by atoms with Crippen molar-refractivity contribution in [3.63, 3.8) is 0 Å². The van der Waals surface area contributed by atoms with Crippen molar-refractivity contribution in [1.82, 2.24) is 20.0 Å². The smallest absolute Gasteiger partial charge is 0.0341 e. The summed E-state index contributed by atoms with van der Waals surface area (Å²) in [5, 5.41) is 3.10. The predicted octanol–water partition coefficient (Wildman–Crippen LogP) is -3.05. The third-order valence-electron chi connectivity index (χ3n) is 4.48. The Balaban J connectivity index is 0.000000181. The second-order valence-corrected chi connectivity index (χ2v) is 6.74. The first kappa shape index (κ1) is 21.7. The third kappa shape index (κ3) is 11.3. The minimum absolute atomic E-state index is 0.454. The maximum absolute atomic E-state index is 5.45. The van der Waals surface area contributed by atoms with E-state index in [1.807, 2.05) is 7.05 Å². The lowest BCUT2D eigenvalue weighted by molar-refractivity contribution is 0.413. The highest BCUT2D eigenvalue weighted by Crippen LogP contribution is 2.07. The first-order chi connectivity index (χ1) is 11.7. The fourth-order valence-electron chi connectivity index (χ4n) is 2.25. The van der Waals surface area contributed by atoms with Crippen molar-refractivity contribution in [1.29, 1.82) is 0 Å². The lowest BCUT2D eigenvalue weighted by Gasteiger charge is -2.11. The molecule has 0 bridgehead atoms. The van der Waals surface area contributed by atoms with Crippen LogP contribution in [0, 0.1) is 5.92 Å². The van der Waals surface area contributed by atoms with Crippen LogP contribution in [0.15, 0.2) is 0 Å². The largest absolute Gasteiger partial charge is 0.330 e. The fraction of sp³-hybridized carbons (Fsp3) is 1.00. The van der Waals surface area contributed by atoms with Gasteiger partial charge in [0.15, 0.2) is 0 Å². The Morgan fingerprint density at radius 3 is 1.62 bits per heavy atom. The second-order valence-electron chi connectivity index (χ2n) is 6.74. The summed E-state index contributed by atoms with van der Waals surface area (Å²) in [6, 6.07) is 0.454. The zero-order chi connectivity index (χ0) is 17.8. The van der Waals surface area contributed by atoms with Gasteiger partial charge in [-0.1, -0.05) is 0 Å². The van der Waals surface area contributed by atoms with Crippen molar-refractivity contribution in [3.8, 4) is 0 Å². The van der Waals surface area contributed by atoms with Gasteiger partial charge in [-0.2, -0.15) is 0 Å². The van der Waals surface area contributed by atoms with Crippen molar-refractivity contribution < 1.29 is 0 Å². The number of rotatable bonds is 10. The van der Waals surface area contributed by atoms with Gasteiger partial charge in [0.2, 0.25) is 0 Å². The number of likely N-dealkylation sites (N-methyl/N-ethyl adjacent to an activating group) is 1. The zero-order valence-corrected chi connectivity index (χ0v) is 15.5. The van der Waals surface area contributed by atoms with Crippen LogP contribution in [0.2, 0.25) is 0 Å². The maximum atomic E-state index is 5.45. The lowest BCUT2D eigenvalue weighted by atomic mass is 10.1. The Hall–Kier alpha value is -0.320. The van der Waals surface area contributed by atoms with Gasteiger partial charge in [0.25, 0.3) is 0 Å². The van der Waals surface area contributed by atoms with E-state index in [1.165, 1.54) is 45.8 Å². The van der Waals surface area contributed by atoms with Crippen LogP contribution in [0.4, 0.5) is 0 Å². The Kier molecular flexibility index (Phi) is 11.7. The summed E-state index contributed by atoms with van der Waals surface area (Å²) in [7, 11) is 1.99. The Bertz CT molecular complexity index is 284. The van der Waals surface area contributed by atoms with E-state index >= 15 is 0 Å². The van der Waals surface area contributed by atoms with Crippen molar-refractivity contribution in [2.75, 3.05) is 92.1 Å². The van der Waals surface area contributed by atoms with Crippen LogP contribution >= 0.6 is 0 Å². The lowest BCUT2D eigenvalue weighted by Crippen LogP contribution is -2.35. The van der Waals surface area contributed by atoms with Gasteiger partial charge in [0.1, 0.15) is 0 Å². The monoisotopic (exact) mass is 344 g/mol. The summed E-state index contributed by atoms with van der Waals surface area (Å²) >= 11 is 0. The third-order valence-corrected chi connectivity index (χ3v) is 4.48. The van der Waals surface area contributed by atoms with Gasteiger partial charge in [-0.05, 0) is 26.1 Å². The van der Waals surface area contributed by atoms with Gasteiger partial charge < -0.3 is 33.2 Å². The highest BCUT2D eigenvalue weighted by molar-refractivity contribution is 4.83. The van der Waals surface area contributed by atoms with Crippen molar-refractivity contribution in [3.05, 3.63) is 0 Å². The summed E-state index contributed by atoms with van der Waals surface area (Å²) in [6.07, 6.45) is 0. The number of hydrogen-bond donors (Lipinski definition) is 5. The molecule has 3 saturated heterocycles. The van der Waals surface area contributed by atoms with E-state index < -0.39 is 0 Å². The van der Waals surface area contributed by atoms with E-state index in [4.69, 9.17) is 22.9 Å². The molecule has 144 valence electrons. The van der Waals surface area contributed by atoms with Gasteiger partial charge in [0.05, 0.1) is 0 Å². The van der Waals surface area contributed by atoms with E-state index in [0.717, 1.165) is 26.2 Å². The summed E-state index contributed by atoms with van der Waals surface area (Å²) in [4.78, 5) is 7.03. The van der Waals surface area contributed by atoms with Crippen LogP contribution in [0.25, 0.3) is 0 Å². The number of nitrogens with one attached hydrogen (secondary N) is 1. The normalized spacial score (nSPS) is 19.6. The summed E-state index contributed by atoms with van der Waals surface area (Å²) < 4.78 is 0. The predicted molar refractivity (Wildman–Crippen MR) is 102 cm³/mol. The van der Waals surface area contributed by atoms with Crippen LogP contribution in [0.5, 0.6) is 0 Å². The molecule has 3 aliphatic rings. The summed E-state index contributed by atoms with van der Waals surface area (Å²) in [6.45, 7) is 13.9. The molecule has 0 amide bonds. The molecule has 0 spiro atoms. The van der Waals surface area contributed by atoms with Crippen molar-refractivity contribution in [2.24, 2.45) is 28.9 Å². The molecule has 0 atom stereocenters. The van der Waals surface area contributed by atoms with Crippen LogP contribution in [-0.4, -0.2) is 113 Å². The standard InChI is InChI=1S/C6H15N3.C5H13N3.C5H12N2/c7-3-6(4-8)5-9-1-2-9;6-3-5(4-7)8-1-2-8;1-6-2-3-7-4-5-7/h6H,1-5,7-8H2;5H,1-4,6-7H2;6H,2-5H2,1H3. The van der Waals surface area contributed by atoms with E-state index in [1.54, 1.807) is 0 Å². The molecule has 0 aromatic carbocycles. The Morgan fingerprint density at radius 1 is 0.792 bits per heavy atom. The van der Waals surface area contributed by atoms with E-state index in [2.05, 4.69) is 20.0 Å². The quantitative estimate of drug-likeness (QED) is 0.265. The van der Waals surface area contributed by atoms with Gasteiger partial charge in [-0.25, -0.2) is 0 Å². The topological polar surface area (TPSA) is 125 Å². The first-order valence-electron chi connectivity index (χ1n) is 9.32. The van der Waals surface area contributed by atoms with Gasteiger partial charge >= 0.3 is 0 Å². The van der Waals surface area contributed by atoms with Crippen LogP contribution in [-0.2, 0) is 0 Å². The molecule has 9 N–H and O–H groups in total. The van der Waals surface area contributed by atoms with E-state index in [0.29, 0.717) is 25.0 Å². The average molecular weight is 345 g/mol. The Labute approximate surface area is 147 Å². The molecule has 3 fully saturated rings. The minimum Gasteiger partial charge on any atom is -0.330 e. The second kappa shape index (κ2) is 13.0. The Morgan fingerprint density at radius 2 is 1.33 bits per heavy atom. The van der Waals surface area contributed by atoms with Crippen LogP contribution in [0.3, 0.4) is 0 Å². The molecule has 8 heteroatoms. The van der Waals surface area contributed by atoms with Gasteiger partial charge in [-0.15, -0.1) is 0 Å². The maximum Gasteiger partial charge on any atom is 0.0341 e. The highest BCUT2D eigenvalue weighted by atomic mass is 15.3. The molecule has 0 saturated carbocycles. The molecular weight excluding hydrogens is 304 g/mol. The molecular formula is C16H40N8. The molecule has 3 rings (SSSR count). The number of nitrogens with two attached hydrogens (primary N) is 4. The van der Waals surface area contributed by atoms with Gasteiger partial charge in [0, 0.05) is 78.0 Å². The van der Waals surface area contributed by atoms with Crippen LogP contribution < -0.4 is 28.3 Å². The average Bonchev–Trinajstić information content (AvgIpc) is 3.45. The van der Waals surface area contributed by atoms with Crippen molar-refractivity contribution >= 4 is 0 Å². The SMILES string of the molecule is CNCCN1CC1.NCC(CN)CN1CC1.NCC(CN)N1CC1. The molecule has 8 nitrogen and oxygen atoms in total. The molecule has 0 aromatic rings. The van der Waals surface area contributed by atoms with Gasteiger partial charge in [-0.3, -0.25) is 9.80 Å². The van der Waals surface area contributed by atoms with E-state index in [-0.39, 0.29) is 0 Å². The molecule has 0 aliphatic carbocycles. The molecule has 0 radical (unpaired) electrons. The van der Waals surface area contributed by atoms with Crippen molar-refractivity contribution in [2.45, 2.75) is 6.04 Å². The first-order valence-corrected chi connectivity index (χ1v) is 9.32. The molecule has 24 heavy (non-hydrogen) atoms. The fourth-order valence-corrected chi connectivity index (χ4v) is 2.25. The summed E-state index contributed by atoms with van der Waals surface area (Å²) in [5.41, 5.74) is 21.7. The molecule has 3 aliphatic heterocycles. The number of hydrogen-bond acceptors (Lipinski definition) is 8. The molecule has 0 unspecified atom stereocenters. The van der Waals surface area contributed by atoms with Crippen LogP contribution in [0.1, 0.15) is 0 Å². The minimum atomic E-state index is 0.454. The number of nitrogens with zero attached hydrogens (tertiary/aromatic N) is 3.